The Morgan fingerprint density at radius 2 is 1.31 bits per heavy atom. The van der Waals surface area contributed by atoms with Gasteiger partial charge >= 0.3 is 0 Å². The number of anilines is 2. The van der Waals surface area contributed by atoms with E-state index in [0.29, 0.717) is 5.69 Å². The van der Waals surface area contributed by atoms with Crippen molar-refractivity contribution in [3.63, 3.8) is 0 Å². The number of aromatic nitrogens is 2. The van der Waals surface area contributed by atoms with Crippen LogP contribution in [0.25, 0.3) is 21.5 Å². The van der Waals surface area contributed by atoms with E-state index in [4.69, 9.17) is 0 Å². The molecule has 0 spiro atoms. The molecular weight excluding hydrogens is 354 g/mol. The van der Waals surface area contributed by atoms with Crippen LogP contribution >= 0.6 is 0 Å². The van der Waals surface area contributed by atoms with Crippen molar-refractivity contribution >= 4 is 33.2 Å². The summed E-state index contributed by atoms with van der Waals surface area (Å²) in [6.45, 7) is 0. The summed E-state index contributed by atoms with van der Waals surface area (Å²) in [5, 5.41) is 7.90. The van der Waals surface area contributed by atoms with Crippen LogP contribution in [-0.2, 0) is 0 Å². The Kier molecular flexibility index (Phi) is 4.36. The van der Waals surface area contributed by atoms with Gasteiger partial charge in [-0.25, -0.2) is 9.97 Å². The Morgan fingerprint density at radius 1 is 0.621 bits per heavy atom. The minimum atomic E-state index is 0.711. The summed E-state index contributed by atoms with van der Waals surface area (Å²) >= 11 is 0. The first-order valence-electron chi connectivity index (χ1n) is 9.44. The quantitative estimate of drug-likeness (QED) is 0.309. The molecule has 0 aliphatic heterocycles. The van der Waals surface area contributed by atoms with E-state index in [2.05, 4.69) is 81.7 Å². The number of pyridine rings is 2. The molecule has 1 N–H and O–H groups in total. The molecule has 0 amide bonds. The van der Waals surface area contributed by atoms with Crippen molar-refractivity contribution in [1.29, 1.82) is 0 Å². The van der Waals surface area contributed by atoms with Crippen LogP contribution in [0, 0.1) is 11.8 Å². The molecule has 3 heteroatoms. The monoisotopic (exact) mass is 371 g/mol. The molecule has 5 rings (SSSR count). The second-order valence-electron chi connectivity index (χ2n) is 6.69. The third-order valence-electron chi connectivity index (χ3n) is 4.76. The molecule has 0 aliphatic rings. The zero-order valence-electron chi connectivity index (χ0n) is 15.6. The fourth-order valence-corrected chi connectivity index (χ4v) is 3.42. The van der Waals surface area contributed by atoms with Crippen molar-refractivity contribution < 1.29 is 0 Å². The van der Waals surface area contributed by atoms with Gasteiger partial charge in [0.05, 0.1) is 0 Å². The highest BCUT2D eigenvalue weighted by molar-refractivity contribution is 6.04. The van der Waals surface area contributed by atoms with Crippen LogP contribution < -0.4 is 5.32 Å². The molecule has 0 saturated heterocycles. The molecule has 0 atom stereocenters. The fraction of sp³-hybridized carbons (Fsp3) is 0. The van der Waals surface area contributed by atoms with Crippen LogP contribution in [0.2, 0.25) is 0 Å². The lowest BCUT2D eigenvalue weighted by Crippen LogP contribution is -1.96. The smallest absolute Gasteiger partial charge is 0.132 e. The summed E-state index contributed by atoms with van der Waals surface area (Å²) < 4.78 is 0. The zero-order chi connectivity index (χ0) is 19.5. The van der Waals surface area contributed by atoms with E-state index in [0.717, 1.165) is 28.0 Å². The minimum absolute atomic E-state index is 0.711. The van der Waals surface area contributed by atoms with Crippen LogP contribution in [0.15, 0.2) is 97.2 Å². The topological polar surface area (TPSA) is 37.8 Å². The highest BCUT2D eigenvalue weighted by Crippen LogP contribution is 2.27. The molecule has 136 valence electrons. The van der Waals surface area contributed by atoms with Gasteiger partial charge in [0, 0.05) is 11.8 Å². The van der Waals surface area contributed by atoms with Gasteiger partial charge in [-0.05, 0) is 57.8 Å². The van der Waals surface area contributed by atoms with Crippen molar-refractivity contribution in [1.82, 2.24) is 9.97 Å². The first-order chi connectivity index (χ1) is 14.4. The zero-order valence-corrected chi connectivity index (χ0v) is 15.6. The van der Waals surface area contributed by atoms with E-state index in [9.17, 15) is 0 Å². The number of fused-ring (bicyclic) bond motifs is 2. The lowest BCUT2D eigenvalue weighted by Gasteiger charge is -2.06. The van der Waals surface area contributed by atoms with Gasteiger partial charge in [-0.1, -0.05) is 66.6 Å². The molecule has 5 aromatic rings. The first kappa shape index (κ1) is 17.0. The summed E-state index contributed by atoms with van der Waals surface area (Å²) in [5.74, 6) is 8.11. The summed E-state index contributed by atoms with van der Waals surface area (Å²) in [4.78, 5) is 8.90. The van der Waals surface area contributed by atoms with Crippen molar-refractivity contribution in [3.8, 4) is 11.8 Å². The average molecular weight is 371 g/mol. The lowest BCUT2D eigenvalue weighted by molar-refractivity contribution is 1.23. The van der Waals surface area contributed by atoms with Crippen LogP contribution in [-0.4, -0.2) is 9.97 Å². The largest absolute Gasteiger partial charge is 0.325 e. The Bertz CT molecular complexity index is 1330. The van der Waals surface area contributed by atoms with E-state index in [1.54, 1.807) is 6.20 Å². The maximum Gasteiger partial charge on any atom is 0.132 e. The number of nitrogens with one attached hydrogen (secondary N) is 1. The van der Waals surface area contributed by atoms with Crippen molar-refractivity contribution in [2.24, 2.45) is 0 Å². The third kappa shape index (κ3) is 3.52. The van der Waals surface area contributed by atoms with Gasteiger partial charge in [0.2, 0.25) is 0 Å². The van der Waals surface area contributed by atoms with Gasteiger partial charge in [0.1, 0.15) is 17.3 Å². The van der Waals surface area contributed by atoms with Crippen LogP contribution in [0.3, 0.4) is 0 Å². The van der Waals surface area contributed by atoms with E-state index in [1.165, 1.54) is 10.8 Å². The molecule has 0 saturated carbocycles. The highest BCUT2D eigenvalue weighted by Gasteiger charge is 2.05. The number of nitrogens with zero attached hydrogens (tertiary/aromatic N) is 2. The van der Waals surface area contributed by atoms with Gasteiger partial charge in [-0.2, -0.15) is 0 Å². The Labute approximate surface area is 169 Å². The molecule has 3 nitrogen and oxygen atoms in total. The van der Waals surface area contributed by atoms with Crippen molar-refractivity contribution in [2.45, 2.75) is 0 Å². The molecule has 3 aromatic carbocycles. The Morgan fingerprint density at radius 3 is 2.03 bits per heavy atom. The van der Waals surface area contributed by atoms with E-state index < -0.39 is 0 Å². The molecule has 29 heavy (non-hydrogen) atoms. The Balaban J connectivity index is 1.58. The summed E-state index contributed by atoms with van der Waals surface area (Å²) in [7, 11) is 0. The van der Waals surface area contributed by atoms with Crippen LogP contribution in [0.5, 0.6) is 0 Å². The summed E-state index contributed by atoms with van der Waals surface area (Å²) in [6.07, 6.45) is 1.75. The molecule has 0 radical (unpaired) electrons. The van der Waals surface area contributed by atoms with Gasteiger partial charge < -0.3 is 5.32 Å². The normalized spacial score (nSPS) is 10.5. The lowest BCUT2D eigenvalue weighted by atomic mass is 9.97. The van der Waals surface area contributed by atoms with Gasteiger partial charge in [0.15, 0.2) is 0 Å². The molecule has 0 bridgehead atoms. The van der Waals surface area contributed by atoms with Crippen LogP contribution in [0.4, 0.5) is 11.6 Å². The predicted molar refractivity (Wildman–Crippen MR) is 119 cm³/mol. The maximum absolute atomic E-state index is 4.62. The predicted octanol–water partition coefficient (Wildman–Crippen LogP) is 5.93. The maximum atomic E-state index is 4.62. The Hall–Kier alpha value is -4.16. The van der Waals surface area contributed by atoms with Gasteiger partial charge in [0.25, 0.3) is 0 Å². The third-order valence-corrected chi connectivity index (χ3v) is 4.76. The van der Waals surface area contributed by atoms with E-state index >= 15 is 0 Å². The average Bonchev–Trinajstić information content (AvgIpc) is 2.77. The number of hydrogen-bond acceptors (Lipinski definition) is 3. The minimum Gasteiger partial charge on any atom is -0.325 e. The second kappa shape index (κ2) is 7.46. The molecule has 0 unspecified atom stereocenters. The van der Waals surface area contributed by atoms with Gasteiger partial charge in [-0.3, -0.25) is 0 Å². The van der Waals surface area contributed by atoms with E-state index in [1.807, 2.05) is 36.4 Å². The van der Waals surface area contributed by atoms with Crippen LogP contribution in [0.1, 0.15) is 11.3 Å². The van der Waals surface area contributed by atoms with Gasteiger partial charge in [-0.15, -0.1) is 0 Å². The number of hydrogen-bond donors (Lipinski definition) is 1. The molecule has 2 heterocycles. The fourth-order valence-electron chi connectivity index (χ4n) is 3.42. The van der Waals surface area contributed by atoms with Crippen molar-refractivity contribution in [2.75, 3.05) is 5.32 Å². The van der Waals surface area contributed by atoms with E-state index in [-0.39, 0.29) is 0 Å². The molecule has 0 fully saturated rings. The molecular formula is C26H17N3. The second-order valence-corrected chi connectivity index (χ2v) is 6.69. The number of rotatable bonds is 2. The molecule has 0 aliphatic carbocycles. The highest BCUT2D eigenvalue weighted by atomic mass is 15.0. The summed E-state index contributed by atoms with van der Waals surface area (Å²) in [5.41, 5.74) is 1.74. The first-order valence-corrected chi connectivity index (χ1v) is 9.44. The number of benzene rings is 3. The van der Waals surface area contributed by atoms with Crippen molar-refractivity contribution in [3.05, 3.63) is 108 Å². The summed E-state index contributed by atoms with van der Waals surface area (Å²) in [6, 6.07) is 30.4. The standard InChI is InChI=1S/C26H17N3/c1-3-11-22-19(8-1)18-20-9-2-4-12-23(20)24(22)16-15-21-10-7-14-26(28-21)29-25-13-5-6-17-27-25/h1-14,17-18H,(H,27,28,29). The SMILES string of the molecule is C(#Cc1c2ccccc2cc2ccccc12)c1cccc(Nc2ccccn2)n1. The molecule has 2 aromatic heterocycles.